The van der Waals surface area contributed by atoms with Crippen molar-refractivity contribution in [2.75, 3.05) is 46.3 Å². The van der Waals surface area contributed by atoms with Gasteiger partial charge in [0.05, 0.1) is 46.0 Å². The van der Waals surface area contributed by atoms with Crippen LogP contribution in [0.3, 0.4) is 0 Å². The zero-order valence-electron chi connectivity index (χ0n) is 13.4. The van der Waals surface area contributed by atoms with Crippen LogP contribution in [0.15, 0.2) is 18.2 Å². The molecule has 0 saturated carbocycles. The number of piperazine rings is 1. The van der Waals surface area contributed by atoms with Gasteiger partial charge in [-0.25, -0.2) is 0 Å². The third-order valence-electron chi connectivity index (χ3n) is 4.39. The Morgan fingerprint density at radius 3 is 2.55 bits per heavy atom. The first-order valence-electron chi connectivity index (χ1n) is 7.51. The van der Waals surface area contributed by atoms with Gasteiger partial charge in [-0.05, 0) is 19.1 Å². The summed E-state index contributed by atoms with van der Waals surface area (Å²) in [4.78, 5) is 14.9. The summed E-state index contributed by atoms with van der Waals surface area (Å²) in [6, 6.07) is 6.24. The smallest absolute Gasteiger partial charge is 0.237 e. The van der Waals surface area contributed by atoms with E-state index < -0.39 is 0 Å². The lowest BCUT2D eigenvalue weighted by Crippen LogP contribution is -3.14. The number of methoxy groups -OCH3 is 2. The summed E-state index contributed by atoms with van der Waals surface area (Å²) in [6.07, 6.45) is 0. The number of amides is 1. The van der Waals surface area contributed by atoms with Crippen LogP contribution in [0.1, 0.15) is 18.5 Å². The number of nitrogens with zero attached hydrogens (tertiary/aromatic N) is 1. The zero-order chi connectivity index (χ0) is 16.1. The molecule has 122 valence electrons. The minimum absolute atomic E-state index is 0.0235. The van der Waals surface area contributed by atoms with E-state index in [0.717, 1.165) is 43.2 Å². The second-order valence-electron chi connectivity index (χ2n) is 5.50. The molecule has 1 atom stereocenters. The van der Waals surface area contributed by atoms with Crippen LogP contribution >= 0.6 is 11.6 Å². The summed E-state index contributed by atoms with van der Waals surface area (Å²) >= 11 is 5.62. The Balaban J connectivity index is 2.06. The number of hydrogen-bond donors (Lipinski definition) is 1. The number of rotatable bonds is 5. The molecule has 0 aromatic heterocycles. The molecular formula is C16H24ClN2O3+. The molecule has 1 heterocycles. The van der Waals surface area contributed by atoms with Crippen LogP contribution in [0, 0.1) is 0 Å². The Hall–Kier alpha value is -1.46. The van der Waals surface area contributed by atoms with Crippen LogP contribution < -0.4 is 14.4 Å². The van der Waals surface area contributed by atoms with Crippen molar-refractivity contribution in [3.8, 4) is 11.5 Å². The van der Waals surface area contributed by atoms with E-state index in [0.29, 0.717) is 6.04 Å². The molecule has 0 bridgehead atoms. The maximum atomic E-state index is 11.6. The largest absolute Gasteiger partial charge is 0.497 e. The Labute approximate surface area is 136 Å². The topological polar surface area (TPSA) is 43.2 Å². The highest BCUT2D eigenvalue weighted by Gasteiger charge is 2.29. The molecule has 1 fully saturated rings. The van der Waals surface area contributed by atoms with Crippen LogP contribution in [0.4, 0.5) is 0 Å². The van der Waals surface area contributed by atoms with Crippen LogP contribution in [0.5, 0.6) is 11.5 Å². The van der Waals surface area contributed by atoms with Crippen molar-refractivity contribution < 1.29 is 19.2 Å². The van der Waals surface area contributed by atoms with E-state index in [1.54, 1.807) is 14.2 Å². The van der Waals surface area contributed by atoms with Crippen LogP contribution in [0.25, 0.3) is 0 Å². The fourth-order valence-electron chi connectivity index (χ4n) is 2.96. The first kappa shape index (κ1) is 16.9. The van der Waals surface area contributed by atoms with E-state index in [2.05, 4.69) is 13.0 Å². The fourth-order valence-corrected chi connectivity index (χ4v) is 3.13. The minimum atomic E-state index is 0.0235. The molecule has 2 rings (SSSR count). The standard InChI is InChI=1S/C16H23ClN2O3/c1-12(14-5-4-13(21-2)10-15(14)22-3)18-6-8-19(9-7-18)16(20)11-17/h4-5,10,12H,6-9,11H2,1-3H3/p+1/t12-/m0/s1. The molecule has 22 heavy (non-hydrogen) atoms. The number of halogens is 1. The summed E-state index contributed by atoms with van der Waals surface area (Å²) in [6.45, 7) is 5.53. The van der Waals surface area contributed by atoms with Gasteiger partial charge < -0.3 is 19.3 Å². The predicted molar refractivity (Wildman–Crippen MR) is 86.0 cm³/mol. The zero-order valence-corrected chi connectivity index (χ0v) is 14.2. The molecule has 1 N–H and O–H groups in total. The van der Waals surface area contributed by atoms with E-state index in [4.69, 9.17) is 21.1 Å². The van der Waals surface area contributed by atoms with Gasteiger partial charge in [-0.15, -0.1) is 11.6 Å². The number of carbonyl (C=O) groups is 1. The molecule has 1 saturated heterocycles. The summed E-state index contributed by atoms with van der Waals surface area (Å²) in [7, 11) is 3.33. The lowest BCUT2D eigenvalue weighted by Gasteiger charge is -2.35. The summed E-state index contributed by atoms with van der Waals surface area (Å²) < 4.78 is 10.7. The maximum Gasteiger partial charge on any atom is 0.237 e. The normalized spacial score (nSPS) is 17.2. The average Bonchev–Trinajstić information content (AvgIpc) is 2.59. The second kappa shape index (κ2) is 7.70. The number of ether oxygens (including phenoxy) is 2. The summed E-state index contributed by atoms with van der Waals surface area (Å²) in [5, 5.41) is 0. The molecule has 0 spiro atoms. The van der Waals surface area contributed by atoms with E-state index >= 15 is 0 Å². The monoisotopic (exact) mass is 327 g/mol. The lowest BCUT2D eigenvalue weighted by atomic mass is 10.0. The van der Waals surface area contributed by atoms with Crippen molar-refractivity contribution in [1.29, 1.82) is 0 Å². The summed E-state index contributed by atoms with van der Waals surface area (Å²) in [5.74, 6) is 1.73. The maximum absolute atomic E-state index is 11.6. The van der Waals surface area contributed by atoms with Crippen LogP contribution in [-0.4, -0.2) is 57.1 Å². The third kappa shape index (κ3) is 3.65. The van der Waals surface area contributed by atoms with Gasteiger partial charge in [0, 0.05) is 6.07 Å². The predicted octanol–water partition coefficient (Wildman–Crippen LogP) is 0.731. The Bertz CT molecular complexity index is 516. The second-order valence-corrected chi connectivity index (χ2v) is 5.77. The van der Waals surface area contributed by atoms with Crippen molar-refractivity contribution in [2.45, 2.75) is 13.0 Å². The number of benzene rings is 1. The molecule has 1 aromatic carbocycles. The van der Waals surface area contributed by atoms with Gasteiger partial charge in [0.2, 0.25) is 5.91 Å². The van der Waals surface area contributed by atoms with Gasteiger partial charge in [0.1, 0.15) is 23.4 Å². The fraction of sp³-hybridized carbons (Fsp3) is 0.562. The number of hydrogen-bond acceptors (Lipinski definition) is 3. The van der Waals surface area contributed by atoms with Crippen LogP contribution in [0.2, 0.25) is 0 Å². The first-order valence-corrected chi connectivity index (χ1v) is 8.04. The van der Waals surface area contributed by atoms with E-state index in [1.165, 1.54) is 4.90 Å². The summed E-state index contributed by atoms with van der Waals surface area (Å²) in [5.41, 5.74) is 1.16. The molecule has 1 amide bonds. The highest BCUT2D eigenvalue weighted by Crippen LogP contribution is 2.28. The van der Waals surface area contributed by atoms with E-state index in [1.807, 2.05) is 17.0 Å². The molecule has 1 aliphatic rings. The van der Waals surface area contributed by atoms with Crippen molar-refractivity contribution in [3.63, 3.8) is 0 Å². The van der Waals surface area contributed by atoms with Crippen molar-refractivity contribution in [1.82, 2.24) is 4.90 Å². The average molecular weight is 328 g/mol. The Morgan fingerprint density at radius 1 is 1.32 bits per heavy atom. The van der Waals surface area contributed by atoms with Gasteiger partial charge in [-0.3, -0.25) is 4.79 Å². The third-order valence-corrected chi connectivity index (χ3v) is 4.62. The number of nitrogens with one attached hydrogen (secondary N) is 1. The lowest BCUT2D eigenvalue weighted by molar-refractivity contribution is -0.933. The highest BCUT2D eigenvalue weighted by molar-refractivity contribution is 6.27. The highest BCUT2D eigenvalue weighted by atomic mass is 35.5. The van der Waals surface area contributed by atoms with Crippen LogP contribution in [-0.2, 0) is 4.79 Å². The molecule has 0 radical (unpaired) electrons. The van der Waals surface area contributed by atoms with Gasteiger partial charge in [0.25, 0.3) is 0 Å². The Morgan fingerprint density at radius 2 is 2.00 bits per heavy atom. The van der Waals surface area contributed by atoms with Crippen molar-refractivity contribution >= 4 is 17.5 Å². The number of alkyl halides is 1. The van der Waals surface area contributed by atoms with Gasteiger partial charge in [-0.2, -0.15) is 0 Å². The first-order chi connectivity index (χ1) is 10.6. The molecule has 0 aliphatic carbocycles. The van der Waals surface area contributed by atoms with Crippen molar-refractivity contribution in [3.05, 3.63) is 23.8 Å². The van der Waals surface area contributed by atoms with Crippen molar-refractivity contribution in [2.24, 2.45) is 0 Å². The molecular weight excluding hydrogens is 304 g/mol. The quantitative estimate of drug-likeness (QED) is 0.811. The minimum Gasteiger partial charge on any atom is -0.497 e. The molecule has 1 aromatic rings. The van der Waals surface area contributed by atoms with E-state index in [-0.39, 0.29) is 11.8 Å². The molecule has 6 heteroatoms. The van der Waals surface area contributed by atoms with Gasteiger partial charge in [0.15, 0.2) is 0 Å². The van der Waals surface area contributed by atoms with Gasteiger partial charge >= 0.3 is 0 Å². The number of quaternary nitrogens is 1. The molecule has 1 aliphatic heterocycles. The number of carbonyl (C=O) groups excluding carboxylic acids is 1. The Kier molecular flexibility index (Phi) is 5.91. The SMILES string of the molecule is COc1ccc([C@H](C)[NH+]2CCN(C(=O)CCl)CC2)c(OC)c1. The molecule has 5 nitrogen and oxygen atoms in total. The van der Waals surface area contributed by atoms with Gasteiger partial charge in [-0.1, -0.05) is 0 Å². The van der Waals surface area contributed by atoms with E-state index in [9.17, 15) is 4.79 Å². The molecule has 0 unspecified atom stereocenters.